The van der Waals surface area contributed by atoms with Gasteiger partial charge in [0, 0.05) is 36.7 Å². The number of hydrogen-bond donors (Lipinski definition) is 9. The maximum atomic E-state index is 14.1. The predicted molar refractivity (Wildman–Crippen MR) is 235 cm³/mol. The Bertz CT molecular complexity index is 1560. The molecule has 0 bridgehead atoms. The van der Waals surface area contributed by atoms with Gasteiger partial charge in [-0.25, -0.2) is 9.44 Å². The van der Waals surface area contributed by atoms with Crippen molar-refractivity contribution in [3.63, 3.8) is 0 Å². The lowest BCUT2D eigenvalue weighted by Crippen LogP contribution is -2.58. The lowest BCUT2D eigenvalue weighted by atomic mass is 9.92. The molecule has 7 N–H and O–H groups in total. The van der Waals surface area contributed by atoms with Crippen LogP contribution in [0, 0.1) is 11.8 Å². The molecule has 1 heterocycles. The average molecular weight is 907 g/mol. The Morgan fingerprint density at radius 3 is 1.98 bits per heavy atom. The molecule has 318 valence electrons. The summed E-state index contributed by atoms with van der Waals surface area (Å²) in [6, 6.07) is 0.921. The normalized spacial score (nSPS) is 22.9. The molecule has 2 unspecified atom stereocenters. The van der Waals surface area contributed by atoms with Crippen LogP contribution < -0.4 is 30.7 Å². The van der Waals surface area contributed by atoms with E-state index < -0.39 is 70.0 Å². The second kappa shape index (κ2) is 26.9. The third-order valence-corrected chi connectivity index (χ3v) is 14.9. The van der Waals surface area contributed by atoms with E-state index in [0.29, 0.717) is 18.5 Å². The molecule has 1 aliphatic rings. The maximum Gasteiger partial charge on any atom is 0.243 e. The summed E-state index contributed by atoms with van der Waals surface area (Å²) >= 11 is 8.62. The minimum absolute atomic E-state index is 0.00968. The summed E-state index contributed by atoms with van der Waals surface area (Å²) < 4.78 is 5.00. The van der Waals surface area contributed by atoms with Gasteiger partial charge in [-0.2, -0.15) is 25.3 Å². The molecule has 0 aliphatic carbocycles. The standard InChI is InChI=1S/C36H54N6O9S6/c1-19(2)30-35(51)39-27(15-22-6-9-24(45)10-7-22)32(48)33(49)28(17-52)41-56-54-36(55-57-42-29(18-53)34(50)40-30)31(47)23(14-20(3)43)8-11-25(46)16-38-26(21(4)44)12-13-37-5/h6-7,9-10,19,23,26-30,36-38,41-42,45,52-53H,8,11-18H2,1-5H3,(H,39,51)(H,40,50)/t23-,26+,27+,28+,29+,30?,36?/m1/s1. The van der Waals surface area contributed by atoms with Crippen molar-refractivity contribution in [1.82, 2.24) is 30.7 Å². The summed E-state index contributed by atoms with van der Waals surface area (Å²) in [7, 11) is 5.74. The van der Waals surface area contributed by atoms with E-state index in [9.17, 15) is 43.5 Å². The molecule has 0 aromatic heterocycles. The highest BCUT2D eigenvalue weighted by atomic mass is 33.1. The molecule has 1 aliphatic heterocycles. The van der Waals surface area contributed by atoms with Crippen molar-refractivity contribution < 1.29 is 43.5 Å². The number of carbonyl (C=O) groups excluding carboxylic acids is 8. The summed E-state index contributed by atoms with van der Waals surface area (Å²) in [4.78, 5) is 106. The van der Waals surface area contributed by atoms with Crippen molar-refractivity contribution in [3.05, 3.63) is 29.8 Å². The number of hydrogen-bond acceptors (Lipinski definition) is 19. The Kier molecular flexibility index (Phi) is 24.1. The number of phenols is 1. The topological polar surface area (TPSA) is 229 Å². The number of phenolic OH excluding ortho intramolecular Hbond substituents is 1. The number of rotatable bonds is 19. The van der Waals surface area contributed by atoms with E-state index in [-0.39, 0.29) is 72.6 Å². The Labute approximate surface area is 361 Å². The zero-order valence-electron chi connectivity index (χ0n) is 32.5. The van der Waals surface area contributed by atoms with Gasteiger partial charge in [-0.3, -0.25) is 33.6 Å². The average Bonchev–Trinajstić information content (AvgIpc) is 3.16. The van der Waals surface area contributed by atoms with Gasteiger partial charge in [0.1, 0.15) is 39.8 Å². The monoisotopic (exact) mass is 906 g/mol. The van der Waals surface area contributed by atoms with Crippen LogP contribution in [0.1, 0.15) is 58.9 Å². The zero-order valence-corrected chi connectivity index (χ0v) is 37.6. The second-order valence-corrected chi connectivity index (χ2v) is 19.1. The first kappa shape index (κ1) is 51.1. The molecular formula is C36H54N6O9S6. The minimum atomic E-state index is -1.34. The molecule has 1 aromatic rings. The van der Waals surface area contributed by atoms with Crippen molar-refractivity contribution >= 4 is 115 Å². The van der Waals surface area contributed by atoms with Crippen molar-refractivity contribution in [2.24, 2.45) is 11.8 Å². The van der Waals surface area contributed by atoms with Gasteiger partial charge in [-0.15, -0.1) is 0 Å². The second-order valence-electron chi connectivity index (χ2n) is 13.8. The molecule has 21 heteroatoms. The first-order valence-corrected chi connectivity index (χ1v) is 24.0. The number of thiol groups is 2. The van der Waals surface area contributed by atoms with Gasteiger partial charge < -0.3 is 31.2 Å². The predicted octanol–water partition coefficient (Wildman–Crippen LogP) is 2.08. The fourth-order valence-electron chi connectivity index (χ4n) is 5.47. The SMILES string of the molecule is CNCC[C@H](NCC(=O)CC[C@H](CC(C)=O)C(=O)C1SSN[C@@H](CS)C(=O)NC(C(C)C)C(=O)N[C@@H](Cc2ccc(O)cc2)C(=O)C(=O)[C@H](CS)NSS1)C(C)=O. The number of benzene rings is 1. The number of carbonyl (C=O) groups is 8. The van der Waals surface area contributed by atoms with E-state index in [1.165, 1.54) is 26.0 Å². The summed E-state index contributed by atoms with van der Waals surface area (Å²) in [5, 5.41) is 21.1. The Morgan fingerprint density at radius 2 is 1.44 bits per heavy atom. The van der Waals surface area contributed by atoms with E-state index in [4.69, 9.17) is 0 Å². The molecule has 1 fully saturated rings. The van der Waals surface area contributed by atoms with Gasteiger partial charge in [-0.1, -0.05) is 47.6 Å². The van der Waals surface area contributed by atoms with E-state index in [2.05, 4.69) is 56.0 Å². The third kappa shape index (κ3) is 18.0. The molecule has 57 heavy (non-hydrogen) atoms. The van der Waals surface area contributed by atoms with Gasteiger partial charge in [0.15, 0.2) is 5.78 Å². The van der Waals surface area contributed by atoms with Crippen molar-refractivity contribution in [2.45, 2.75) is 94.6 Å². The Morgan fingerprint density at radius 1 is 0.842 bits per heavy atom. The van der Waals surface area contributed by atoms with Gasteiger partial charge in [0.05, 0.1) is 24.7 Å². The van der Waals surface area contributed by atoms with Gasteiger partial charge in [0.25, 0.3) is 0 Å². The lowest BCUT2D eigenvalue weighted by Gasteiger charge is -2.27. The molecule has 0 radical (unpaired) electrons. The molecule has 1 saturated heterocycles. The number of Topliss-reactive ketones (excluding diaryl/α,β-unsaturated/α-hetero) is 6. The summed E-state index contributed by atoms with van der Waals surface area (Å²) in [5.74, 6) is -5.40. The molecule has 2 rings (SSSR count). The first-order chi connectivity index (χ1) is 27.0. The van der Waals surface area contributed by atoms with Crippen molar-refractivity contribution in [2.75, 3.05) is 31.6 Å². The van der Waals surface area contributed by atoms with Crippen LogP contribution >= 0.6 is 68.8 Å². The smallest absolute Gasteiger partial charge is 0.243 e. The number of nitrogens with one attached hydrogen (secondary N) is 6. The highest BCUT2D eigenvalue weighted by molar-refractivity contribution is 8.85. The fraction of sp³-hybridized carbons (Fsp3) is 0.611. The van der Waals surface area contributed by atoms with Crippen LogP contribution in [0.15, 0.2) is 24.3 Å². The maximum absolute atomic E-state index is 14.1. The number of ketones is 6. The van der Waals surface area contributed by atoms with Gasteiger partial charge >= 0.3 is 0 Å². The van der Waals surface area contributed by atoms with Crippen LogP contribution in [0.25, 0.3) is 0 Å². The summed E-state index contributed by atoms with van der Waals surface area (Å²) in [5.41, 5.74) is 0.549. The van der Waals surface area contributed by atoms with Crippen LogP contribution in [0.2, 0.25) is 0 Å². The summed E-state index contributed by atoms with van der Waals surface area (Å²) in [6.07, 6.45) is 0.323. The molecule has 0 spiro atoms. The molecule has 2 amide bonds. The molecule has 0 saturated carbocycles. The highest BCUT2D eigenvalue weighted by Crippen LogP contribution is 2.41. The highest BCUT2D eigenvalue weighted by Gasteiger charge is 2.37. The lowest BCUT2D eigenvalue weighted by molar-refractivity contribution is -0.140. The van der Waals surface area contributed by atoms with Crippen molar-refractivity contribution in [1.29, 1.82) is 0 Å². The first-order valence-electron chi connectivity index (χ1n) is 18.3. The van der Waals surface area contributed by atoms with Crippen LogP contribution in [0.5, 0.6) is 5.75 Å². The third-order valence-electron chi connectivity index (χ3n) is 8.81. The van der Waals surface area contributed by atoms with Crippen LogP contribution in [-0.2, 0) is 44.8 Å². The van der Waals surface area contributed by atoms with E-state index in [1.54, 1.807) is 33.0 Å². The van der Waals surface area contributed by atoms with E-state index in [1.807, 2.05) is 0 Å². The minimum Gasteiger partial charge on any atom is -0.508 e. The Hall–Kier alpha value is -2.08. The van der Waals surface area contributed by atoms with E-state index >= 15 is 0 Å². The number of amides is 2. The fourth-order valence-corrected chi connectivity index (χ4v) is 11.8. The molecule has 7 atom stereocenters. The molecule has 1 aromatic carbocycles. The zero-order chi connectivity index (χ0) is 42.7. The van der Waals surface area contributed by atoms with Crippen LogP contribution in [0.3, 0.4) is 0 Å². The summed E-state index contributed by atoms with van der Waals surface area (Å²) in [6.45, 7) is 6.71. The molecule has 15 nitrogen and oxygen atoms in total. The van der Waals surface area contributed by atoms with E-state index in [0.717, 1.165) is 43.5 Å². The Balaban J connectivity index is 2.39. The van der Waals surface area contributed by atoms with Gasteiger partial charge in [-0.05, 0) is 85.9 Å². The van der Waals surface area contributed by atoms with Crippen molar-refractivity contribution in [3.8, 4) is 5.75 Å². The largest absolute Gasteiger partial charge is 0.508 e. The van der Waals surface area contributed by atoms with Gasteiger partial charge in [0.2, 0.25) is 23.4 Å². The van der Waals surface area contributed by atoms with Crippen LogP contribution in [0.4, 0.5) is 0 Å². The van der Waals surface area contributed by atoms with Crippen LogP contribution in [-0.4, -0.2) is 118 Å². The number of aromatic hydroxyl groups is 1. The molecular weight excluding hydrogens is 853 g/mol. The quantitative estimate of drug-likeness (QED) is 0.0419.